The van der Waals surface area contributed by atoms with Gasteiger partial charge in [0.1, 0.15) is 18.4 Å². The van der Waals surface area contributed by atoms with Gasteiger partial charge in [0.05, 0.1) is 34.1 Å². The van der Waals surface area contributed by atoms with Crippen LogP contribution in [0.3, 0.4) is 0 Å². The van der Waals surface area contributed by atoms with E-state index < -0.39 is 9.85 Å². The quantitative estimate of drug-likeness (QED) is 0.0499. The summed E-state index contributed by atoms with van der Waals surface area (Å²) < 4.78 is 29.0. The van der Waals surface area contributed by atoms with Gasteiger partial charge in [-0.1, -0.05) is 35.6 Å². The third-order valence-corrected chi connectivity index (χ3v) is 9.37. The lowest BCUT2D eigenvalue weighted by Gasteiger charge is -2.18. The first-order valence-electron chi connectivity index (χ1n) is 16.6. The highest BCUT2D eigenvalue weighted by Gasteiger charge is 2.18. The summed E-state index contributed by atoms with van der Waals surface area (Å²) in [4.78, 5) is 26.1. The molecule has 0 unspecified atom stereocenters. The van der Waals surface area contributed by atoms with Crippen molar-refractivity contribution >= 4 is 61.2 Å². The molecule has 6 rings (SSSR count). The maximum atomic E-state index is 12.4. The zero-order valence-electron chi connectivity index (χ0n) is 31.2. The number of rotatable bonds is 8. The zero-order valence-corrected chi connectivity index (χ0v) is 31.1. The Morgan fingerprint density at radius 3 is 2.13 bits per heavy atom. The van der Waals surface area contributed by atoms with E-state index in [1.807, 2.05) is 65.8 Å². The van der Waals surface area contributed by atoms with E-state index in [4.69, 9.17) is 16.6 Å². The summed E-state index contributed by atoms with van der Waals surface area (Å²) in [5.74, 6) is 0. The number of hydrogen-bond acceptors (Lipinski definition) is 8. The number of anilines is 2. The Hall–Kier alpha value is -6.77. The van der Waals surface area contributed by atoms with Crippen LogP contribution >= 0.6 is 11.3 Å². The molecule has 0 atom stereocenters. The summed E-state index contributed by atoms with van der Waals surface area (Å²) in [6.45, 7) is 9.01. The molecular formula is C40H38F2N7O4S+. The van der Waals surface area contributed by atoms with Crippen LogP contribution in [0, 0.1) is 45.1 Å². The van der Waals surface area contributed by atoms with Gasteiger partial charge in [0.15, 0.2) is 0 Å². The van der Waals surface area contributed by atoms with Crippen LogP contribution in [-0.4, -0.2) is 45.7 Å². The molecule has 276 valence electrons. The molecule has 0 amide bonds. The van der Waals surface area contributed by atoms with Gasteiger partial charge in [0.2, 0.25) is 5.52 Å². The molecule has 6 aromatic rings. The second kappa shape index (κ2) is 19.2. The molecule has 0 spiro atoms. The number of allylic oxidation sites excluding steroid dienone is 1. The molecule has 1 aromatic heterocycles. The summed E-state index contributed by atoms with van der Waals surface area (Å²) in [6.07, 6.45) is 1.57. The Balaban J connectivity index is 0.000000224. The average Bonchev–Trinajstić information content (AvgIpc) is 3.52. The van der Waals surface area contributed by atoms with E-state index in [2.05, 4.69) is 86.3 Å². The first-order chi connectivity index (χ1) is 26.3. The number of nitro groups is 2. The maximum absolute atomic E-state index is 12.4. The fraction of sp³-hybridized carbons (Fsp3) is 0.175. The minimum atomic E-state index is -0.674. The van der Waals surface area contributed by atoms with Gasteiger partial charge >= 0.3 is 0 Å². The highest BCUT2D eigenvalue weighted by Crippen LogP contribution is 2.30. The second-order valence-electron chi connectivity index (χ2n) is 12.1. The molecule has 0 fully saturated rings. The van der Waals surface area contributed by atoms with Gasteiger partial charge in [-0.3, -0.25) is 24.9 Å². The van der Waals surface area contributed by atoms with Gasteiger partial charge in [0.25, 0.3) is 23.5 Å². The number of alkyl halides is 1. The van der Waals surface area contributed by atoms with Crippen molar-refractivity contribution in [2.45, 2.75) is 6.92 Å². The topological polar surface area (TPSA) is 125 Å². The fourth-order valence-corrected chi connectivity index (χ4v) is 6.47. The van der Waals surface area contributed by atoms with E-state index in [0.717, 1.165) is 28.1 Å². The van der Waals surface area contributed by atoms with Crippen molar-refractivity contribution in [1.29, 1.82) is 6.71 Å². The van der Waals surface area contributed by atoms with Crippen molar-refractivity contribution in [2.24, 2.45) is 7.05 Å². The number of nitro benzene ring substituents is 2. The van der Waals surface area contributed by atoms with Gasteiger partial charge in [-0.05, 0) is 89.5 Å². The number of aromatic nitrogens is 1. The Morgan fingerprint density at radius 1 is 0.944 bits per heavy atom. The summed E-state index contributed by atoms with van der Waals surface area (Å²) >= 11 is 1.85. The van der Waals surface area contributed by atoms with Crippen LogP contribution in [0.1, 0.15) is 11.1 Å². The number of fused-ring (bicyclic) bond motifs is 2. The predicted molar refractivity (Wildman–Crippen MR) is 213 cm³/mol. The molecule has 14 heteroatoms. The monoisotopic (exact) mass is 751 g/mol. The number of hydrogen-bond donors (Lipinski definition) is 0. The van der Waals surface area contributed by atoms with Crippen LogP contribution in [0.25, 0.3) is 42.5 Å². The molecule has 0 saturated heterocycles. The van der Waals surface area contributed by atoms with Crippen molar-refractivity contribution < 1.29 is 23.5 Å². The van der Waals surface area contributed by atoms with E-state index in [0.29, 0.717) is 6.54 Å². The minimum absolute atomic E-state index is 0.0636. The Labute approximate surface area is 317 Å². The molecule has 11 nitrogen and oxygen atoms in total. The Morgan fingerprint density at radius 2 is 1.56 bits per heavy atom. The van der Waals surface area contributed by atoms with Gasteiger partial charge in [-0.15, -0.1) is 0 Å². The third kappa shape index (κ3) is 10.6. The van der Waals surface area contributed by atoms with E-state index in [9.17, 15) is 24.6 Å². The lowest BCUT2D eigenvalue weighted by molar-refractivity contribution is -0.629. The van der Waals surface area contributed by atoms with Crippen LogP contribution in [0.2, 0.25) is 0 Å². The standard InChI is InChI=1S/C17H14FN3.C17H19N2S.C6H4N2O4.FH/c1-20-16(12-19)10-13-3-4-15-11-17(21(2)8-7-18)6-5-14(15)9-13;1-12-5-10-15-16(11-12)20-17(19(15)4)13-6-8-14(9-7-13)18(2)3;9-7(10)5-2-1-3-6(4-5)8(11)12;/h3-6,9-11H,7-8H2,2H3;5-11H,1-4H3;1-4H;1H/q;+1;;/b16-10-;;;/i/hD. The molecule has 0 aliphatic heterocycles. The fourth-order valence-electron chi connectivity index (χ4n) is 5.22. The van der Waals surface area contributed by atoms with Crippen molar-refractivity contribution in [3.63, 3.8) is 0 Å². The minimum Gasteiger partial charge on any atom is -0.378 e. The van der Waals surface area contributed by atoms with Crippen LogP contribution in [0.15, 0.2) is 109 Å². The maximum Gasteiger partial charge on any atom is 0.276 e. The number of nitriles is 1. The van der Waals surface area contributed by atoms with Gasteiger partial charge in [0, 0.05) is 57.3 Å². The highest BCUT2D eigenvalue weighted by molar-refractivity contribution is 7.21. The van der Waals surface area contributed by atoms with E-state index in [1.54, 1.807) is 6.08 Å². The SMILES string of the molecule is Cc1ccc2c(c1)sc(-c1ccc(N(C)C)cc1)[n+]2C.O=[N+]([O-])c1cccc([N+](=O)[O-])c1.[2H]F.[C-]#[N+]/C(C#N)=C\c1ccc2cc(N(C)CCF)ccc2c1. The second-order valence-corrected chi connectivity index (χ2v) is 13.1. The number of halogens is 2. The summed E-state index contributed by atoms with van der Waals surface area (Å²) in [5.41, 5.74) is 6.41. The van der Waals surface area contributed by atoms with Gasteiger partial charge < -0.3 is 9.80 Å². The number of non-ortho nitro benzene ring substituents is 2. The van der Waals surface area contributed by atoms with E-state index in [-0.39, 0.29) is 23.7 Å². The van der Waals surface area contributed by atoms with Crippen molar-refractivity contribution in [2.75, 3.05) is 44.2 Å². The van der Waals surface area contributed by atoms with Crippen LogP contribution in [0.4, 0.5) is 31.9 Å². The number of aryl methyl sites for hydroxylation is 2. The largest absolute Gasteiger partial charge is 0.378 e. The van der Waals surface area contributed by atoms with Crippen molar-refractivity contribution in [3.8, 4) is 16.6 Å². The van der Waals surface area contributed by atoms with Gasteiger partial charge in [-0.2, -0.15) is 4.57 Å². The third-order valence-electron chi connectivity index (χ3n) is 8.12. The van der Waals surface area contributed by atoms with Crippen LogP contribution in [-0.2, 0) is 7.05 Å². The van der Waals surface area contributed by atoms with Crippen LogP contribution < -0.4 is 14.4 Å². The Bertz CT molecular complexity index is 2350. The average molecular weight is 752 g/mol. The normalized spacial score (nSPS) is 10.5. The molecule has 0 radical (unpaired) electrons. The molecule has 0 aliphatic rings. The lowest BCUT2D eigenvalue weighted by Crippen LogP contribution is -2.28. The number of nitrogens with zero attached hydrogens (tertiary/aromatic N) is 7. The highest BCUT2D eigenvalue weighted by atomic mass is 32.1. The van der Waals surface area contributed by atoms with Crippen LogP contribution in [0.5, 0.6) is 0 Å². The van der Waals surface area contributed by atoms with E-state index >= 15 is 0 Å². The van der Waals surface area contributed by atoms with Gasteiger partial charge in [-0.25, -0.2) is 14.5 Å². The Kier molecular flexibility index (Phi) is 14.2. The molecular weight excluding hydrogens is 713 g/mol. The molecule has 0 bridgehead atoms. The first kappa shape index (κ1) is 40.0. The van der Waals surface area contributed by atoms with E-state index in [1.165, 1.54) is 50.2 Å². The van der Waals surface area contributed by atoms with Crippen molar-refractivity contribution in [1.82, 2.24) is 0 Å². The predicted octanol–water partition coefficient (Wildman–Crippen LogP) is 9.45. The lowest BCUT2D eigenvalue weighted by atomic mass is 10.1. The first-order valence-corrected chi connectivity index (χ1v) is 17.0. The summed E-state index contributed by atoms with van der Waals surface area (Å²) in [5, 5.41) is 32.5. The smallest absolute Gasteiger partial charge is 0.276 e. The molecule has 0 N–H and O–H groups in total. The molecule has 0 saturated carbocycles. The molecule has 5 aromatic carbocycles. The van der Waals surface area contributed by atoms with Crippen molar-refractivity contribution in [3.05, 3.63) is 152 Å². The number of benzene rings is 5. The molecule has 54 heavy (non-hydrogen) atoms. The summed E-state index contributed by atoms with van der Waals surface area (Å²) in [6, 6.07) is 33.5. The number of thiazole rings is 1. The molecule has 1 heterocycles. The zero-order chi connectivity index (χ0) is 40.7. The molecule has 0 aliphatic carbocycles. The summed E-state index contributed by atoms with van der Waals surface area (Å²) in [7, 11) is 8.13.